The zero-order valence-corrected chi connectivity index (χ0v) is 15.3. The van der Waals surface area contributed by atoms with Crippen molar-refractivity contribution in [1.29, 1.82) is 0 Å². The fraction of sp³-hybridized carbons (Fsp3) is 0.182. The zero-order valence-electron chi connectivity index (χ0n) is 15.3. The average Bonchev–Trinajstić information content (AvgIpc) is 3.04. The number of nitrogens with zero attached hydrogens (tertiary/aromatic N) is 3. The molecule has 2 N–H and O–H groups in total. The van der Waals surface area contributed by atoms with Crippen molar-refractivity contribution < 1.29 is 0 Å². The molecule has 2 heterocycles. The highest BCUT2D eigenvalue weighted by atomic mass is 15.1. The van der Waals surface area contributed by atoms with E-state index in [0.717, 1.165) is 22.2 Å². The Labute approximate surface area is 153 Å². The first-order chi connectivity index (χ1) is 12.4. The third-order valence-corrected chi connectivity index (χ3v) is 4.64. The van der Waals surface area contributed by atoms with Crippen molar-refractivity contribution in [1.82, 2.24) is 14.5 Å². The molecule has 0 unspecified atom stereocenters. The number of rotatable bonds is 2. The lowest BCUT2D eigenvalue weighted by molar-refractivity contribution is 0.408. The second kappa shape index (κ2) is 5.99. The minimum atomic E-state index is -0.0960. The van der Waals surface area contributed by atoms with E-state index in [0.29, 0.717) is 5.82 Å². The number of hydrogen-bond acceptors (Lipinski definition) is 3. The molecule has 0 spiro atoms. The molecule has 0 aliphatic rings. The third-order valence-electron chi connectivity index (χ3n) is 4.64. The molecule has 0 aliphatic heterocycles. The fourth-order valence-corrected chi connectivity index (χ4v) is 3.29. The third kappa shape index (κ3) is 2.73. The summed E-state index contributed by atoms with van der Waals surface area (Å²) in [5.41, 5.74) is 11.6. The summed E-state index contributed by atoms with van der Waals surface area (Å²) in [5, 5.41) is 0.912. The van der Waals surface area contributed by atoms with Crippen LogP contribution in [0, 0.1) is 0 Å². The Balaban J connectivity index is 1.87. The molecule has 4 aromatic rings. The first-order valence-corrected chi connectivity index (χ1v) is 8.73. The van der Waals surface area contributed by atoms with Crippen molar-refractivity contribution >= 4 is 16.9 Å². The quantitative estimate of drug-likeness (QED) is 0.551. The summed E-state index contributed by atoms with van der Waals surface area (Å²) >= 11 is 0. The van der Waals surface area contributed by atoms with Crippen LogP contribution in [0.4, 0.5) is 5.82 Å². The van der Waals surface area contributed by atoms with Gasteiger partial charge in [-0.2, -0.15) is 0 Å². The van der Waals surface area contributed by atoms with E-state index in [1.807, 2.05) is 6.07 Å². The van der Waals surface area contributed by atoms with Gasteiger partial charge in [-0.3, -0.25) is 0 Å². The van der Waals surface area contributed by atoms with E-state index in [9.17, 15) is 0 Å². The molecule has 130 valence electrons. The van der Waals surface area contributed by atoms with Crippen molar-refractivity contribution in [2.24, 2.45) is 0 Å². The first-order valence-electron chi connectivity index (χ1n) is 8.73. The standard InChI is InChI=1S/C22H22N4/c1-22(2,3)26-13-18(19-20(23)24-14-25-21(19)26)17-11-9-16(10-12-17)15-7-5-4-6-8-15/h4-14H,1-3H3,(H2,23,24,25). The molecule has 2 aromatic heterocycles. The Kier molecular flexibility index (Phi) is 3.76. The van der Waals surface area contributed by atoms with Crippen molar-refractivity contribution in [3.63, 3.8) is 0 Å². The second-order valence-electron chi connectivity index (χ2n) is 7.48. The highest BCUT2D eigenvalue weighted by Gasteiger charge is 2.21. The molecule has 26 heavy (non-hydrogen) atoms. The van der Waals surface area contributed by atoms with Gasteiger partial charge in [-0.15, -0.1) is 0 Å². The topological polar surface area (TPSA) is 56.7 Å². The van der Waals surface area contributed by atoms with Crippen molar-refractivity contribution in [3.8, 4) is 22.3 Å². The van der Waals surface area contributed by atoms with E-state index in [1.54, 1.807) is 0 Å². The van der Waals surface area contributed by atoms with Crippen LogP contribution in [-0.4, -0.2) is 14.5 Å². The molecule has 0 amide bonds. The van der Waals surface area contributed by atoms with Gasteiger partial charge >= 0.3 is 0 Å². The molecule has 0 atom stereocenters. The summed E-state index contributed by atoms with van der Waals surface area (Å²) < 4.78 is 2.17. The SMILES string of the molecule is CC(C)(C)n1cc(-c2ccc(-c3ccccc3)cc2)c2c(N)ncnc21. The van der Waals surface area contributed by atoms with Crippen molar-refractivity contribution in [2.75, 3.05) is 5.73 Å². The van der Waals surface area contributed by atoms with Crippen LogP contribution in [0.25, 0.3) is 33.3 Å². The Morgan fingerprint density at radius 3 is 2.08 bits per heavy atom. The predicted octanol–water partition coefficient (Wildman–Crippen LogP) is 5.10. The second-order valence-corrected chi connectivity index (χ2v) is 7.48. The number of benzene rings is 2. The molecule has 4 nitrogen and oxygen atoms in total. The molecule has 4 rings (SSSR count). The number of anilines is 1. The average molecular weight is 342 g/mol. The summed E-state index contributed by atoms with van der Waals surface area (Å²) in [6.45, 7) is 6.48. The van der Waals surface area contributed by atoms with Gasteiger partial charge in [-0.05, 0) is 37.5 Å². The van der Waals surface area contributed by atoms with Crippen LogP contribution in [0.15, 0.2) is 67.1 Å². The monoisotopic (exact) mass is 342 g/mol. The van der Waals surface area contributed by atoms with Gasteiger partial charge in [0.15, 0.2) is 0 Å². The molecule has 0 bridgehead atoms. The Morgan fingerprint density at radius 1 is 0.808 bits per heavy atom. The molecule has 0 saturated carbocycles. The van der Waals surface area contributed by atoms with Crippen LogP contribution in [0.5, 0.6) is 0 Å². The van der Waals surface area contributed by atoms with Crippen LogP contribution in [0.3, 0.4) is 0 Å². The normalized spacial score (nSPS) is 11.8. The number of aromatic nitrogens is 3. The number of hydrogen-bond donors (Lipinski definition) is 1. The summed E-state index contributed by atoms with van der Waals surface area (Å²) in [5.74, 6) is 0.514. The lowest BCUT2D eigenvalue weighted by Crippen LogP contribution is -2.21. The maximum atomic E-state index is 6.21. The molecule has 4 heteroatoms. The fourth-order valence-electron chi connectivity index (χ4n) is 3.29. The van der Waals surface area contributed by atoms with Crippen molar-refractivity contribution in [3.05, 3.63) is 67.1 Å². The van der Waals surface area contributed by atoms with Crippen LogP contribution < -0.4 is 5.73 Å². The van der Waals surface area contributed by atoms with E-state index < -0.39 is 0 Å². The van der Waals surface area contributed by atoms with E-state index >= 15 is 0 Å². The zero-order chi connectivity index (χ0) is 18.3. The lowest BCUT2D eigenvalue weighted by Gasteiger charge is -2.21. The number of nitrogens with two attached hydrogens (primary N) is 1. The van der Waals surface area contributed by atoms with Gasteiger partial charge < -0.3 is 10.3 Å². The minimum absolute atomic E-state index is 0.0960. The summed E-state index contributed by atoms with van der Waals surface area (Å²) in [6.07, 6.45) is 3.66. The molecule has 0 aliphatic carbocycles. The van der Waals surface area contributed by atoms with Crippen molar-refractivity contribution in [2.45, 2.75) is 26.3 Å². The molecule has 0 saturated heterocycles. The van der Waals surface area contributed by atoms with E-state index in [-0.39, 0.29) is 5.54 Å². The number of fused-ring (bicyclic) bond motifs is 1. The van der Waals surface area contributed by atoms with Gasteiger partial charge in [0.2, 0.25) is 0 Å². The maximum Gasteiger partial charge on any atom is 0.146 e. The summed E-state index contributed by atoms with van der Waals surface area (Å²) in [6, 6.07) is 18.9. The van der Waals surface area contributed by atoms with Crippen LogP contribution >= 0.6 is 0 Å². The molecular formula is C22H22N4. The van der Waals surface area contributed by atoms with E-state index in [1.165, 1.54) is 17.5 Å². The van der Waals surface area contributed by atoms with Gasteiger partial charge in [0.05, 0.1) is 5.39 Å². The summed E-state index contributed by atoms with van der Waals surface area (Å²) in [7, 11) is 0. The Morgan fingerprint density at radius 2 is 1.42 bits per heavy atom. The number of nitrogen functional groups attached to an aromatic ring is 1. The van der Waals surface area contributed by atoms with Gasteiger partial charge in [0.25, 0.3) is 0 Å². The minimum Gasteiger partial charge on any atom is -0.383 e. The molecule has 0 radical (unpaired) electrons. The largest absolute Gasteiger partial charge is 0.383 e. The van der Waals surface area contributed by atoms with Crippen LogP contribution in [0.1, 0.15) is 20.8 Å². The highest BCUT2D eigenvalue weighted by molar-refractivity contribution is 6.00. The van der Waals surface area contributed by atoms with E-state index in [4.69, 9.17) is 5.73 Å². The van der Waals surface area contributed by atoms with Gasteiger partial charge in [0, 0.05) is 17.3 Å². The highest BCUT2D eigenvalue weighted by Crippen LogP contribution is 2.36. The first kappa shape index (κ1) is 16.3. The maximum absolute atomic E-state index is 6.21. The Bertz CT molecular complexity index is 1060. The molecule has 0 fully saturated rings. The van der Waals surface area contributed by atoms with Gasteiger partial charge in [0.1, 0.15) is 17.8 Å². The smallest absolute Gasteiger partial charge is 0.146 e. The summed E-state index contributed by atoms with van der Waals surface area (Å²) in [4.78, 5) is 8.70. The van der Waals surface area contributed by atoms with Gasteiger partial charge in [-0.25, -0.2) is 9.97 Å². The van der Waals surface area contributed by atoms with Crippen LogP contribution in [0.2, 0.25) is 0 Å². The van der Waals surface area contributed by atoms with E-state index in [2.05, 4.69) is 90.0 Å². The lowest BCUT2D eigenvalue weighted by atomic mass is 10.0. The molecule has 2 aromatic carbocycles. The molecular weight excluding hydrogens is 320 g/mol. The van der Waals surface area contributed by atoms with Crippen LogP contribution in [-0.2, 0) is 5.54 Å². The predicted molar refractivity (Wildman–Crippen MR) is 108 cm³/mol. The van der Waals surface area contributed by atoms with Gasteiger partial charge in [-0.1, -0.05) is 54.6 Å². The Hall–Kier alpha value is -3.14.